The third kappa shape index (κ3) is 3.85. The first-order valence-electron chi connectivity index (χ1n) is 9.23. The predicted molar refractivity (Wildman–Crippen MR) is 112 cm³/mol. The van der Waals surface area contributed by atoms with Gasteiger partial charge in [0.15, 0.2) is 5.82 Å². The number of aryl methyl sites for hydroxylation is 2. The van der Waals surface area contributed by atoms with E-state index < -0.39 is 0 Å². The van der Waals surface area contributed by atoms with E-state index in [9.17, 15) is 4.79 Å². The molecular weight excluding hydrogens is 372 g/mol. The van der Waals surface area contributed by atoms with Crippen molar-refractivity contribution in [1.82, 2.24) is 14.9 Å². The molecule has 28 heavy (non-hydrogen) atoms. The highest BCUT2D eigenvalue weighted by Gasteiger charge is 2.23. The van der Waals surface area contributed by atoms with Crippen LogP contribution in [-0.4, -0.2) is 27.4 Å². The highest BCUT2D eigenvalue weighted by atomic mass is 35.5. The molecule has 0 fully saturated rings. The summed E-state index contributed by atoms with van der Waals surface area (Å²) in [6.45, 7) is 5.14. The number of halogens is 1. The van der Waals surface area contributed by atoms with E-state index in [2.05, 4.69) is 10.3 Å². The fourth-order valence-electron chi connectivity index (χ4n) is 3.29. The van der Waals surface area contributed by atoms with Gasteiger partial charge in [0.2, 0.25) is 0 Å². The van der Waals surface area contributed by atoms with Gasteiger partial charge in [-0.25, -0.2) is 14.8 Å². The number of anilines is 1. The molecule has 0 atom stereocenters. The summed E-state index contributed by atoms with van der Waals surface area (Å²) in [4.78, 5) is 23.7. The number of carbonyl (C=O) groups excluding carboxylic acids is 1. The van der Waals surface area contributed by atoms with Gasteiger partial charge in [-0.2, -0.15) is 0 Å². The molecule has 0 saturated heterocycles. The highest BCUT2D eigenvalue weighted by molar-refractivity contribution is 6.30. The molecule has 1 aliphatic heterocycles. The number of fused-ring (bicyclic) bond motifs is 1. The summed E-state index contributed by atoms with van der Waals surface area (Å²) >= 11 is 5.95. The van der Waals surface area contributed by atoms with Crippen LogP contribution in [0, 0.1) is 13.8 Å². The average Bonchev–Trinajstić information content (AvgIpc) is 2.70. The number of benzene rings is 2. The Morgan fingerprint density at radius 3 is 2.71 bits per heavy atom. The standard InChI is InChI=1S/C22H21ClN4O/c1-14-3-4-15(2)20(11-14)26-22(28)27-10-9-19-17(13-27)12-24-21(25-19)16-5-7-18(23)8-6-16/h3-8,11-12H,9-10,13H2,1-2H3,(H,26,28). The number of amides is 2. The van der Waals surface area contributed by atoms with Crippen molar-refractivity contribution < 1.29 is 4.79 Å². The Labute approximate surface area is 169 Å². The first kappa shape index (κ1) is 18.4. The minimum absolute atomic E-state index is 0.0962. The lowest BCUT2D eigenvalue weighted by atomic mass is 10.1. The molecule has 142 valence electrons. The zero-order valence-electron chi connectivity index (χ0n) is 15.9. The molecule has 1 N–H and O–H groups in total. The smallest absolute Gasteiger partial charge is 0.320 e. The Kier molecular flexibility index (Phi) is 5.01. The third-order valence-electron chi connectivity index (χ3n) is 4.96. The molecule has 2 amide bonds. The van der Waals surface area contributed by atoms with E-state index in [0.717, 1.165) is 33.6 Å². The van der Waals surface area contributed by atoms with Gasteiger partial charge in [0.25, 0.3) is 0 Å². The van der Waals surface area contributed by atoms with E-state index in [4.69, 9.17) is 16.6 Å². The monoisotopic (exact) mass is 392 g/mol. The lowest BCUT2D eigenvalue weighted by molar-refractivity contribution is 0.206. The summed E-state index contributed by atoms with van der Waals surface area (Å²) in [7, 11) is 0. The lowest BCUT2D eigenvalue weighted by Crippen LogP contribution is -2.39. The van der Waals surface area contributed by atoms with Crippen molar-refractivity contribution in [2.75, 3.05) is 11.9 Å². The molecule has 2 heterocycles. The summed E-state index contributed by atoms with van der Waals surface area (Å²) in [5.74, 6) is 0.684. The van der Waals surface area contributed by atoms with E-state index in [1.807, 2.05) is 62.5 Å². The van der Waals surface area contributed by atoms with Crippen LogP contribution in [0.25, 0.3) is 11.4 Å². The topological polar surface area (TPSA) is 58.1 Å². The number of hydrogen-bond donors (Lipinski definition) is 1. The molecule has 5 nitrogen and oxygen atoms in total. The van der Waals surface area contributed by atoms with Gasteiger partial charge in [-0.15, -0.1) is 0 Å². The SMILES string of the molecule is Cc1ccc(C)c(NC(=O)N2CCc3nc(-c4ccc(Cl)cc4)ncc3C2)c1. The van der Waals surface area contributed by atoms with E-state index >= 15 is 0 Å². The van der Waals surface area contributed by atoms with Gasteiger partial charge >= 0.3 is 6.03 Å². The second-order valence-electron chi connectivity index (χ2n) is 7.09. The van der Waals surface area contributed by atoms with Crippen LogP contribution in [0.1, 0.15) is 22.4 Å². The Balaban J connectivity index is 1.49. The maximum atomic E-state index is 12.7. The summed E-state index contributed by atoms with van der Waals surface area (Å²) in [5, 5.41) is 3.71. The zero-order valence-corrected chi connectivity index (χ0v) is 16.6. The Morgan fingerprint density at radius 2 is 1.93 bits per heavy atom. The lowest BCUT2D eigenvalue weighted by Gasteiger charge is -2.28. The van der Waals surface area contributed by atoms with Crippen molar-refractivity contribution in [1.29, 1.82) is 0 Å². The first-order chi connectivity index (χ1) is 13.5. The third-order valence-corrected chi connectivity index (χ3v) is 5.21. The molecule has 0 saturated carbocycles. The van der Waals surface area contributed by atoms with Gasteiger partial charge in [-0.05, 0) is 55.3 Å². The fraction of sp³-hybridized carbons (Fsp3) is 0.227. The Hall–Kier alpha value is -2.92. The quantitative estimate of drug-likeness (QED) is 0.667. The van der Waals surface area contributed by atoms with Crippen LogP contribution in [-0.2, 0) is 13.0 Å². The maximum absolute atomic E-state index is 12.7. The molecule has 1 aromatic heterocycles. The molecule has 0 bridgehead atoms. The Morgan fingerprint density at radius 1 is 1.14 bits per heavy atom. The molecular formula is C22H21ClN4O. The van der Waals surface area contributed by atoms with Crippen molar-refractivity contribution >= 4 is 23.3 Å². The first-order valence-corrected chi connectivity index (χ1v) is 9.61. The summed E-state index contributed by atoms with van der Waals surface area (Å²) in [6, 6.07) is 13.4. The van der Waals surface area contributed by atoms with Crippen LogP contribution in [0.3, 0.4) is 0 Å². The normalized spacial score (nSPS) is 13.2. The van der Waals surface area contributed by atoms with Gasteiger partial charge in [-0.3, -0.25) is 0 Å². The van der Waals surface area contributed by atoms with Crippen molar-refractivity contribution in [3.8, 4) is 11.4 Å². The maximum Gasteiger partial charge on any atom is 0.322 e. The molecule has 0 aliphatic carbocycles. The van der Waals surface area contributed by atoms with Crippen molar-refractivity contribution in [3.05, 3.63) is 76.1 Å². The van der Waals surface area contributed by atoms with Crippen LogP contribution in [0.2, 0.25) is 5.02 Å². The van der Waals surface area contributed by atoms with Gasteiger partial charge in [0, 0.05) is 41.0 Å². The Bertz CT molecular complexity index is 1030. The van der Waals surface area contributed by atoms with E-state index in [1.165, 1.54) is 0 Å². The molecule has 1 aliphatic rings. The number of urea groups is 1. The molecule has 3 aromatic rings. The van der Waals surface area contributed by atoms with E-state index in [0.29, 0.717) is 30.4 Å². The van der Waals surface area contributed by atoms with Crippen LogP contribution in [0.4, 0.5) is 10.5 Å². The fourth-order valence-corrected chi connectivity index (χ4v) is 3.42. The zero-order chi connectivity index (χ0) is 19.7. The molecule has 4 rings (SSSR count). The predicted octanol–water partition coefficient (Wildman–Crippen LogP) is 5.00. The van der Waals surface area contributed by atoms with Crippen LogP contribution in [0.5, 0.6) is 0 Å². The number of hydrogen-bond acceptors (Lipinski definition) is 3. The highest BCUT2D eigenvalue weighted by Crippen LogP contribution is 2.23. The second kappa shape index (κ2) is 7.60. The van der Waals surface area contributed by atoms with Crippen molar-refractivity contribution in [3.63, 3.8) is 0 Å². The summed E-state index contributed by atoms with van der Waals surface area (Å²) in [5.41, 5.74) is 5.93. The number of aromatic nitrogens is 2. The largest absolute Gasteiger partial charge is 0.322 e. The molecule has 0 unspecified atom stereocenters. The number of rotatable bonds is 2. The van der Waals surface area contributed by atoms with Crippen molar-refractivity contribution in [2.45, 2.75) is 26.8 Å². The van der Waals surface area contributed by atoms with Crippen LogP contribution >= 0.6 is 11.6 Å². The average molecular weight is 393 g/mol. The summed E-state index contributed by atoms with van der Waals surface area (Å²) < 4.78 is 0. The summed E-state index contributed by atoms with van der Waals surface area (Å²) in [6.07, 6.45) is 2.53. The minimum Gasteiger partial charge on any atom is -0.320 e. The molecule has 0 radical (unpaired) electrons. The molecule has 2 aromatic carbocycles. The van der Waals surface area contributed by atoms with Crippen LogP contribution in [0.15, 0.2) is 48.7 Å². The second-order valence-corrected chi connectivity index (χ2v) is 7.53. The minimum atomic E-state index is -0.0962. The van der Waals surface area contributed by atoms with Gasteiger partial charge in [0.1, 0.15) is 0 Å². The van der Waals surface area contributed by atoms with Gasteiger partial charge < -0.3 is 10.2 Å². The number of nitrogens with one attached hydrogen (secondary N) is 1. The van der Waals surface area contributed by atoms with E-state index in [1.54, 1.807) is 4.90 Å². The number of carbonyl (C=O) groups is 1. The van der Waals surface area contributed by atoms with Gasteiger partial charge in [0.05, 0.1) is 12.2 Å². The molecule has 0 spiro atoms. The molecule has 6 heteroatoms. The van der Waals surface area contributed by atoms with Gasteiger partial charge in [-0.1, -0.05) is 23.7 Å². The number of nitrogens with zero attached hydrogens (tertiary/aromatic N) is 3. The van der Waals surface area contributed by atoms with Crippen molar-refractivity contribution in [2.24, 2.45) is 0 Å². The van der Waals surface area contributed by atoms with Crippen LogP contribution < -0.4 is 5.32 Å². The van der Waals surface area contributed by atoms with E-state index in [-0.39, 0.29) is 6.03 Å².